The number of fused-ring (bicyclic) bond motifs is 1. The molecular weight excluding hydrogens is 524 g/mol. The van der Waals surface area contributed by atoms with Gasteiger partial charge in [-0.15, -0.1) is 0 Å². The van der Waals surface area contributed by atoms with E-state index in [1.165, 1.54) is 6.42 Å². The number of nitriles is 1. The van der Waals surface area contributed by atoms with Crippen molar-refractivity contribution in [2.75, 3.05) is 45.3 Å². The summed E-state index contributed by atoms with van der Waals surface area (Å²) in [6.07, 6.45) is 3.19. The van der Waals surface area contributed by atoms with E-state index in [4.69, 9.17) is 18.9 Å². The number of piperidine rings is 1. The van der Waals surface area contributed by atoms with E-state index in [-0.39, 0.29) is 18.8 Å². The van der Waals surface area contributed by atoms with Crippen LogP contribution in [0.5, 0.6) is 5.75 Å². The molecule has 216 valence electrons. The molecule has 1 saturated heterocycles. The standard InChI is InChI=1S/C31H36N4O6/c1-3-39-25-11-12-26-27(20-32)29(35(28(26)19-25)23-5-4-6-23)21-7-9-22(10-8-21)33-30(36)41-24-13-15-34(16-14-24)31(37)40-18-17-38-2/h7-12,19,23-24H,3-6,13-18H2,1-2H3,(H,33,36). The van der Waals surface area contributed by atoms with E-state index < -0.39 is 6.09 Å². The third kappa shape index (κ3) is 6.25. The predicted octanol–water partition coefficient (Wildman–Crippen LogP) is 6.10. The number of nitrogens with one attached hydrogen (secondary N) is 1. The van der Waals surface area contributed by atoms with Crippen molar-refractivity contribution in [3.05, 3.63) is 48.0 Å². The number of hydrogen-bond donors (Lipinski definition) is 1. The van der Waals surface area contributed by atoms with Gasteiger partial charge in [0.1, 0.15) is 24.5 Å². The summed E-state index contributed by atoms with van der Waals surface area (Å²) in [6.45, 7) is 4.02. The Labute approximate surface area is 239 Å². The lowest BCUT2D eigenvalue weighted by Gasteiger charge is -2.31. The molecule has 41 heavy (non-hydrogen) atoms. The zero-order valence-corrected chi connectivity index (χ0v) is 23.6. The van der Waals surface area contributed by atoms with Gasteiger partial charge in [0.05, 0.1) is 30.0 Å². The van der Waals surface area contributed by atoms with Crippen LogP contribution in [0, 0.1) is 11.3 Å². The molecule has 0 spiro atoms. The molecule has 2 fully saturated rings. The second-order valence-corrected chi connectivity index (χ2v) is 10.3. The van der Waals surface area contributed by atoms with Crippen molar-refractivity contribution in [1.29, 1.82) is 5.26 Å². The van der Waals surface area contributed by atoms with Gasteiger partial charge in [0.25, 0.3) is 0 Å². The van der Waals surface area contributed by atoms with Gasteiger partial charge in [0.2, 0.25) is 0 Å². The predicted molar refractivity (Wildman–Crippen MR) is 154 cm³/mol. The van der Waals surface area contributed by atoms with Gasteiger partial charge in [-0.2, -0.15) is 5.26 Å². The summed E-state index contributed by atoms with van der Waals surface area (Å²) in [5.41, 5.74) is 4.05. The van der Waals surface area contributed by atoms with Gasteiger partial charge in [-0.25, -0.2) is 9.59 Å². The van der Waals surface area contributed by atoms with Crippen LogP contribution in [0.25, 0.3) is 22.2 Å². The summed E-state index contributed by atoms with van der Waals surface area (Å²) in [4.78, 5) is 26.3. The fourth-order valence-electron chi connectivity index (χ4n) is 5.44. The van der Waals surface area contributed by atoms with Crippen LogP contribution in [0.3, 0.4) is 0 Å². The van der Waals surface area contributed by atoms with Crippen LogP contribution in [0.2, 0.25) is 0 Å². The van der Waals surface area contributed by atoms with Crippen LogP contribution in [0.4, 0.5) is 15.3 Å². The van der Waals surface area contributed by atoms with Gasteiger partial charge in [-0.3, -0.25) is 5.32 Å². The molecule has 5 rings (SSSR count). The summed E-state index contributed by atoms with van der Waals surface area (Å²) >= 11 is 0. The second kappa shape index (κ2) is 13.0. The molecule has 1 N–H and O–H groups in total. The van der Waals surface area contributed by atoms with Crippen molar-refractivity contribution < 1.29 is 28.5 Å². The highest BCUT2D eigenvalue weighted by Crippen LogP contribution is 2.43. The van der Waals surface area contributed by atoms with Crippen LogP contribution in [-0.4, -0.2) is 67.8 Å². The fraction of sp³-hybridized carbons (Fsp3) is 0.452. The van der Waals surface area contributed by atoms with E-state index in [2.05, 4.69) is 16.0 Å². The fourth-order valence-corrected chi connectivity index (χ4v) is 5.44. The molecule has 1 aliphatic carbocycles. The molecule has 2 aromatic carbocycles. The van der Waals surface area contributed by atoms with E-state index in [9.17, 15) is 14.9 Å². The van der Waals surface area contributed by atoms with Gasteiger partial charge >= 0.3 is 12.2 Å². The molecule has 0 atom stereocenters. The Morgan fingerprint density at radius 2 is 1.80 bits per heavy atom. The first-order valence-corrected chi connectivity index (χ1v) is 14.2. The highest BCUT2D eigenvalue weighted by Gasteiger charge is 2.29. The maximum absolute atomic E-state index is 12.6. The number of carbonyl (C=O) groups is 2. The number of carbonyl (C=O) groups excluding carboxylic acids is 2. The van der Waals surface area contributed by atoms with E-state index in [1.807, 2.05) is 49.4 Å². The third-order valence-corrected chi connectivity index (χ3v) is 7.73. The molecule has 2 aliphatic rings. The third-order valence-electron chi connectivity index (χ3n) is 7.73. The van der Waals surface area contributed by atoms with Crippen molar-refractivity contribution in [2.45, 2.75) is 51.2 Å². The van der Waals surface area contributed by atoms with Crippen molar-refractivity contribution in [3.63, 3.8) is 0 Å². The van der Waals surface area contributed by atoms with Gasteiger partial charge in [-0.05, 0) is 56.0 Å². The second-order valence-electron chi connectivity index (χ2n) is 10.3. The molecular formula is C31H36N4O6. The number of benzene rings is 2. The van der Waals surface area contributed by atoms with Crippen LogP contribution in [-0.2, 0) is 14.2 Å². The Kier molecular flexibility index (Phi) is 8.95. The zero-order chi connectivity index (χ0) is 28.8. The summed E-state index contributed by atoms with van der Waals surface area (Å²) < 4.78 is 23.7. The number of likely N-dealkylation sites (tertiary alicyclic amines) is 1. The lowest BCUT2D eigenvalue weighted by atomic mass is 9.92. The van der Waals surface area contributed by atoms with Crippen molar-refractivity contribution >= 4 is 28.8 Å². The van der Waals surface area contributed by atoms with Crippen LogP contribution < -0.4 is 10.1 Å². The van der Waals surface area contributed by atoms with Crippen molar-refractivity contribution in [3.8, 4) is 23.1 Å². The van der Waals surface area contributed by atoms with Gasteiger partial charge in [-0.1, -0.05) is 12.1 Å². The van der Waals surface area contributed by atoms with Gasteiger partial charge in [0.15, 0.2) is 0 Å². The maximum Gasteiger partial charge on any atom is 0.411 e. The van der Waals surface area contributed by atoms with Gasteiger partial charge in [0, 0.05) is 56.2 Å². The number of methoxy groups -OCH3 is 1. The maximum atomic E-state index is 12.6. The van der Waals surface area contributed by atoms with E-state index in [1.54, 1.807) is 12.0 Å². The number of ether oxygens (including phenoxy) is 4. The lowest BCUT2D eigenvalue weighted by molar-refractivity contribution is 0.0388. The van der Waals surface area contributed by atoms with Crippen LogP contribution in [0.15, 0.2) is 42.5 Å². The molecule has 1 aliphatic heterocycles. The lowest BCUT2D eigenvalue weighted by Crippen LogP contribution is -2.42. The number of aromatic nitrogens is 1. The summed E-state index contributed by atoms with van der Waals surface area (Å²) in [5, 5.41) is 13.9. The Hall–Kier alpha value is -4.23. The minimum atomic E-state index is -0.538. The quantitative estimate of drug-likeness (QED) is 0.315. The largest absolute Gasteiger partial charge is 0.494 e. The van der Waals surface area contributed by atoms with Crippen molar-refractivity contribution in [2.24, 2.45) is 0 Å². The molecule has 10 nitrogen and oxygen atoms in total. The molecule has 0 unspecified atom stereocenters. The van der Waals surface area contributed by atoms with E-state index >= 15 is 0 Å². The smallest absolute Gasteiger partial charge is 0.411 e. The molecule has 1 saturated carbocycles. The molecule has 2 amide bonds. The van der Waals surface area contributed by atoms with Gasteiger partial charge < -0.3 is 28.4 Å². The zero-order valence-electron chi connectivity index (χ0n) is 23.6. The first-order valence-electron chi connectivity index (χ1n) is 14.2. The minimum Gasteiger partial charge on any atom is -0.494 e. The minimum absolute atomic E-state index is 0.211. The highest BCUT2D eigenvalue weighted by molar-refractivity contribution is 5.96. The number of nitrogens with zero attached hydrogens (tertiary/aromatic N) is 3. The molecule has 0 bridgehead atoms. The first kappa shape index (κ1) is 28.3. The molecule has 2 heterocycles. The topological polar surface area (TPSA) is 115 Å². The SMILES string of the molecule is CCOc1ccc2c(C#N)c(-c3ccc(NC(=O)OC4CCN(C(=O)OCCOC)CC4)cc3)n(C3CCC3)c2c1. The average Bonchev–Trinajstić information content (AvgIpc) is 3.26. The molecule has 10 heteroatoms. The van der Waals surface area contributed by atoms with Crippen molar-refractivity contribution in [1.82, 2.24) is 9.47 Å². The normalized spacial score (nSPS) is 15.7. The van der Waals surface area contributed by atoms with Crippen LogP contribution in [0.1, 0.15) is 50.6 Å². The average molecular weight is 561 g/mol. The van der Waals surface area contributed by atoms with Crippen LogP contribution >= 0.6 is 0 Å². The molecule has 0 radical (unpaired) electrons. The first-order chi connectivity index (χ1) is 20.0. The highest BCUT2D eigenvalue weighted by atomic mass is 16.6. The summed E-state index contributed by atoms with van der Waals surface area (Å²) in [7, 11) is 1.55. The number of hydrogen-bond acceptors (Lipinski definition) is 7. The summed E-state index contributed by atoms with van der Waals surface area (Å²) in [6, 6.07) is 16.2. The Bertz CT molecular complexity index is 1420. The number of anilines is 1. The van der Waals surface area contributed by atoms with E-state index in [0.717, 1.165) is 40.8 Å². The number of rotatable bonds is 9. The summed E-state index contributed by atoms with van der Waals surface area (Å²) in [5.74, 6) is 0.792. The Balaban J connectivity index is 1.25. The molecule has 3 aromatic rings. The Morgan fingerprint density at radius 3 is 2.44 bits per heavy atom. The Morgan fingerprint density at radius 1 is 1.05 bits per heavy atom. The number of amides is 2. The van der Waals surface area contributed by atoms with E-state index in [0.29, 0.717) is 56.4 Å². The monoisotopic (exact) mass is 560 g/mol. The molecule has 1 aromatic heterocycles.